The number of fused-ring (bicyclic) bond motifs is 5. The molecule has 4 heteroatoms. The summed E-state index contributed by atoms with van der Waals surface area (Å²) in [6.07, 6.45) is 7.61. The quantitative estimate of drug-likeness (QED) is 0.637. The number of rotatable bonds is 2. The number of nitrogens with zero attached hydrogens (tertiary/aromatic N) is 4. The molecule has 3 aromatic rings. The molecule has 2 aromatic carbocycles. The van der Waals surface area contributed by atoms with Crippen LogP contribution in [-0.4, -0.2) is 45.0 Å². The molecule has 0 saturated carbocycles. The SMILES string of the molecule is c1ccc2c(c1)CCN(Cc1ccc3c(c1)nc1n3CCCN3CCCCC3C1)C2. The summed E-state index contributed by atoms with van der Waals surface area (Å²) in [4.78, 5) is 10.5. The first-order chi connectivity index (χ1) is 14.8. The van der Waals surface area contributed by atoms with Gasteiger partial charge in [0.05, 0.1) is 11.0 Å². The second-order valence-corrected chi connectivity index (χ2v) is 9.48. The Labute approximate surface area is 179 Å². The number of piperidine rings is 1. The van der Waals surface area contributed by atoms with Gasteiger partial charge in [-0.2, -0.15) is 0 Å². The monoisotopic (exact) mass is 400 g/mol. The van der Waals surface area contributed by atoms with E-state index in [2.05, 4.69) is 56.8 Å². The molecule has 30 heavy (non-hydrogen) atoms. The van der Waals surface area contributed by atoms with Crippen LogP contribution in [0.25, 0.3) is 11.0 Å². The molecule has 0 bridgehead atoms. The van der Waals surface area contributed by atoms with E-state index in [0.717, 1.165) is 39.0 Å². The van der Waals surface area contributed by atoms with Crippen molar-refractivity contribution in [2.75, 3.05) is 19.6 Å². The van der Waals surface area contributed by atoms with Crippen LogP contribution in [0.1, 0.15) is 48.2 Å². The second-order valence-electron chi connectivity index (χ2n) is 9.48. The summed E-state index contributed by atoms with van der Waals surface area (Å²) in [5.41, 5.74) is 6.94. The van der Waals surface area contributed by atoms with Crippen LogP contribution in [0, 0.1) is 0 Å². The third kappa shape index (κ3) is 3.46. The van der Waals surface area contributed by atoms with E-state index >= 15 is 0 Å². The van der Waals surface area contributed by atoms with Gasteiger partial charge in [-0.05, 0) is 61.1 Å². The lowest BCUT2D eigenvalue weighted by atomic mass is 9.98. The first-order valence-electron chi connectivity index (χ1n) is 11.8. The lowest BCUT2D eigenvalue weighted by Crippen LogP contribution is -2.43. The summed E-state index contributed by atoms with van der Waals surface area (Å²) >= 11 is 0. The Bertz CT molecular complexity index is 1050. The second kappa shape index (κ2) is 7.82. The molecule has 4 nitrogen and oxygen atoms in total. The highest BCUT2D eigenvalue weighted by Gasteiger charge is 2.26. The Morgan fingerprint density at radius 1 is 0.900 bits per heavy atom. The molecule has 0 radical (unpaired) electrons. The predicted molar refractivity (Wildman–Crippen MR) is 122 cm³/mol. The predicted octanol–water partition coefficient (Wildman–Crippen LogP) is 4.40. The smallest absolute Gasteiger partial charge is 0.111 e. The van der Waals surface area contributed by atoms with Crippen molar-refractivity contribution in [3.63, 3.8) is 0 Å². The van der Waals surface area contributed by atoms with Crippen molar-refractivity contribution in [2.24, 2.45) is 0 Å². The molecule has 0 aliphatic carbocycles. The molecular formula is C26H32N4. The van der Waals surface area contributed by atoms with Crippen LogP contribution >= 0.6 is 0 Å². The minimum absolute atomic E-state index is 0.697. The normalized spacial score (nSPS) is 22.7. The molecule has 1 atom stereocenters. The van der Waals surface area contributed by atoms with E-state index in [1.807, 2.05) is 0 Å². The summed E-state index contributed by atoms with van der Waals surface area (Å²) < 4.78 is 2.52. The average molecular weight is 401 g/mol. The summed E-state index contributed by atoms with van der Waals surface area (Å²) in [5, 5.41) is 0. The highest BCUT2D eigenvalue weighted by Crippen LogP contribution is 2.27. The van der Waals surface area contributed by atoms with Crippen LogP contribution < -0.4 is 0 Å². The van der Waals surface area contributed by atoms with Crippen LogP contribution in [0.3, 0.4) is 0 Å². The summed E-state index contributed by atoms with van der Waals surface area (Å²) in [6, 6.07) is 16.6. The van der Waals surface area contributed by atoms with E-state index in [9.17, 15) is 0 Å². The molecule has 1 aromatic heterocycles. The van der Waals surface area contributed by atoms with Crippen LogP contribution in [0.15, 0.2) is 42.5 Å². The standard InChI is InChI=1S/C26H32N4/c1-2-7-22-19-28(15-11-21(22)6-1)18-20-9-10-25-24(16-20)27-26-17-23-8-3-4-12-29(23)13-5-14-30(25)26/h1-2,6-7,9-10,16,23H,3-5,8,11-15,17-19H2. The van der Waals surface area contributed by atoms with Crippen LogP contribution in [0.5, 0.6) is 0 Å². The Kier molecular flexibility index (Phi) is 4.85. The van der Waals surface area contributed by atoms with Gasteiger partial charge in [-0.1, -0.05) is 36.8 Å². The average Bonchev–Trinajstić information content (AvgIpc) is 3.09. The Morgan fingerprint density at radius 2 is 1.80 bits per heavy atom. The number of benzene rings is 2. The number of aromatic nitrogens is 2. The molecule has 1 saturated heterocycles. The molecule has 3 aliphatic rings. The summed E-state index contributed by atoms with van der Waals surface area (Å²) in [5.74, 6) is 1.31. The van der Waals surface area contributed by atoms with E-state index in [0.29, 0.717) is 6.04 Å². The summed E-state index contributed by atoms with van der Waals surface area (Å²) in [6.45, 7) is 6.87. The van der Waals surface area contributed by atoms with E-state index in [1.165, 1.54) is 72.3 Å². The van der Waals surface area contributed by atoms with Gasteiger partial charge in [0.15, 0.2) is 0 Å². The van der Waals surface area contributed by atoms with Gasteiger partial charge in [0, 0.05) is 45.2 Å². The van der Waals surface area contributed by atoms with Crippen molar-refractivity contribution in [3.8, 4) is 0 Å². The van der Waals surface area contributed by atoms with Crippen LogP contribution in [0.2, 0.25) is 0 Å². The van der Waals surface area contributed by atoms with Gasteiger partial charge in [-0.25, -0.2) is 4.98 Å². The topological polar surface area (TPSA) is 24.3 Å². The van der Waals surface area contributed by atoms with E-state index in [4.69, 9.17) is 4.98 Å². The maximum atomic E-state index is 5.15. The van der Waals surface area contributed by atoms with Gasteiger partial charge < -0.3 is 4.57 Å². The van der Waals surface area contributed by atoms with E-state index in [1.54, 1.807) is 0 Å². The highest BCUT2D eigenvalue weighted by atomic mass is 15.2. The van der Waals surface area contributed by atoms with Gasteiger partial charge >= 0.3 is 0 Å². The lowest BCUT2D eigenvalue weighted by Gasteiger charge is -2.37. The third-order valence-electron chi connectivity index (χ3n) is 7.50. The first-order valence-corrected chi connectivity index (χ1v) is 11.8. The van der Waals surface area contributed by atoms with E-state index < -0.39 is 0 Å². The molecular weight excluding hydrogens is 368 g/mol. The minimum Gasteiger partial charge on any atom is -0.328 e. The Hall–Kier alpha value is -2.17. The zero-order valence-corrected chi connectivity index (χ0v) is 17.9. The first kappa shape index (κ1) is 18.6. The van der Waals surface area contributed by atoms with Crippen molar-refractivity contribution in [3.05, 3.63) is 65.0 Å². The van der Waals surface area contributed by atoms with Gasteiger partial charge in [-0.15, -0.1) is 0 Å². The summed E-state index contributed by atoms with van der Waals surface area (Å²) in [7, 11) is 0. The van der Waals surface area contributed by atoms with Gasteiger partial charge in [0.1, 0.15) is 5.82 Å². The third-order valence-corrected chi connectivity index (χ3v) is 7.50. The van der Waals surface area contributed by atoms with Crippen LogP contribution in [-0.2, 0) is 32.5 Å². The van der Waals surface area contributed by atoms with Gasteiger partial charge in [0.25, 0.3) is 0 Å². The fourth-order valence-electron chi connectivity index (χ4n) is 5.90. The van der Waals surface area contributed by atoms with Crippen molar-refractivity contribution in [1.82, 2.24) is 19.4 Å². The minimum atomic E-state index is 0.697. The van der Waals surface area contributed by atoms with Crippen molar-refractivity contribution >= 4 is 11.0 Å². The zero-order chi connectivity index (χ0) is 19.9. The number of hydrogen-bond acceptors (Lipinski definition) is 3. The molecule has 0 spiro atoms. The van der Waals surface area contributed by atoms with Gasteiger partial charge in [-0.3, -0.25) is 9.80 Å². The fraction of sp³-hybridized carbons (Fsp3) is 0.500. The Morgan fingerprint density at radius 3 is 2.77 bits per heavy atom. The number of hydrogen-bond donors (Lipinski definition) is 0. The van der Waals surface area contributed by atoms with Gasteiger partial charge in [0.2, 0.25) is 0 Å². The molecule has 3 aliphatic heterocycles. The zero-order valence-electron chi connectivity index (χ0n) is 17.9. The molecule has 4 heterocycles. The molecule has 6 rings (SSSR count). The Balaban J connectivity index is 1.24. The van der Waals surface area contributed by atoms with E-state index in [-0.39, 0.29) is 0 Å². The number of imidazole rings is 1. The fourth-order valence-corrected chi connectivity index (χ4v) is 5.90. The van der Waals surface area contributed by atoms with Crippen molar-refractivity contribution < 1.29 is 0 Å². The van der Waals surface area contributed by atoms with Crippen molar-refractivity contribution in [2.45, 2.75) is 64.2 Å². The lowest BCUT2D eigenvalue weighted by molar-refractivity contribution is 0.135. The molecule has 156 valence electrons. The van der Waals surface area contributed by atoms with Crippen molar-refractivity contribution in [1.29, 1.82) is 0 Å². The largest absolute Gasteiger partial charge is 0.328 e. The number of aryl methyl sites for hydroxylation is 1. The van der Waals surface area contributed by atoms with Crippen LogP contribution in [0.4, 0.5) is 0 Å². The molecule has 1 fully saturated rings. The maximum absolute atomic E-state index is 5.15. The molecule has 1 unspecified atom stereocenters. The highest BCUT2D eigenvalue weighted by molar-refractivity contribution is 5.77. The maximum Gasteiger partial charge on any atom is 0.111 e. The molecule has 0 N–H and O–H groups in total. The molecule has 0 amide bonds.